The second-order valence-corrected chi connectivity index (χ2v) is 17.0. The SMILES string of the molecule is c1ccc(-c2ccc(N(c3ccc4c(c3)OC3=C(O4)C4=C(CC3)C3(c5ccccc54)c4ccccc4-c4ccccc43)c3ccccc3-c3ccccc3)cc2-c2ccccc2)cc1. The van der Waals surface area contributed by atoms with Crippen LogP contribution in [0.5, 0.6) is 11.5 Å². The minimum Gasteiger partial charge on any atom is -0.454 e. The van der Waals surface area contributed by atoms with Gasteiger partial charge in [0.25, 0.3) is 0 Å². The molecule has 9 aromatic rings. The summed E-state index contributed by atoms with van der Waals surface area (Å²) in [5.41, 5.74) is 20.1. The normalized spacial score (nSPS) is 14.7. The van der Waals surface area contributed by atoms with Gasteiger partial charge in [-0.2, -0.15) is 0 Å². The summed E-state index contributed by atoms with van der Waals surface area (Å²) in [5, 5.41) is 0. The van der Waals surface area contributed by atoms with Gasteiger partial charge in [-0.15, -0.1) is 0 Å². The Hall–Kier alpha value is -8.14. The van der Waals surface area contributed by atoms with Crippen LogP contribution in [0.15, 0.2) is 242 Å². The number of anilines is 3. The van der Waals surface area contributed by atoms with Crippen molar-refractivity contribution in [3.8, 4) is 56.0 Å². The van der Waals surface area contributed by atoms with Crippen LogP contribution in [-0.4, -0.2) is 0 Å². The molecule has 1 spiro atoms. The molecule has 3 heteroatoms. The zero-order valence-corrected chi connectivity index (χ0v) is 35.0. The molecule has 9 aromatic carbocycles. The van der Waals surface area contributed by atoms with Gasteiger partial charge < -0.3 is 14.4 Å². The first-order valence-corrected chi connectivity index (χ1v) is 22.2. The Morgan fingerprint density at radius 3 is 1.52 bits per heavy atom. The highest BCUT2D eigenvalue weighted by Crippen LogP contribution is 2.65. The first kappa shape index (κ1) is 36.5. The highest BCUT2D eigenvalue weighted by atomic mass is 16.6. The maximum absolute atomic E-state index is 7.14. The summed E-state index contributed by atoms with van der Waals surface area (Å²) >= 11 is 0. The maximum Gasteiger partial charge on any atom is 0.173 e. The average Bonchev–Trinajstić information content (AvgIpc) is 3.84. The molecule has 0 N–H and O–H groups in total. The van der Waals surface area contributed by atoms with E-state index >= 15 is 0 Å². The van der Waals surface area contributed by atoms with Crippen molar-refractivity contribution in [2.45, 2.75) is 18.3 Å². The monoisotopic (exact) mass is 819 g/mol. The molecule has 0 amide bonds. The van der Waals surface area contributed by atoms with Crippen LogP contribution in [0.25, 0.3) is 50.1 Å². The van der Waals surface area contributed by atoms with Gasteiger partial charge in [-0.1, -0.05) is 188 Å². The Labute approximate surface area is 373 Å². The molecule has 1 heterocycles. The van der Waals surface area contributed by atoms with Gasteiger partial charge in [0, 0.05) is 29.3 Å². The average molecular weight is 820 g/mol. The minimum atomic E-state index is -0.382. The summed E-state index contributed by atoms with van der Waals surface area (Å²) in [7, 11) is 0. The molecule has 64 heavy (non-hydrogen) atoms. The highest BCUT2D eigenvalue weighted by molar-refractivity contribution is 5.99. The molecule has 0 bridgehead atoms. The van der Waals surface area contributed by atoms with E-state index in [-0.39, 0.29) is 5.41 Å². The van der Waals surface area contributed by atoms with E-state index in [0.717, 1.165) is 63.7 Å². The van der Waals surface area contributed by atoms with E-state index in [1.54, 1.807) is 0 Å². The molecule has 0 atom stereocenters. The Balaban J connectivity index is 0.963. The number of hydrogen-bond donors (Lipinski definition) is 0. The fourth-order valence-corrected chi connectivity index (χ4v) is 11.1. The predicted molar refractivity (Wildman–Crippen MR) is 260 cm³/mol. The lowest BCUT2D eigenvalue weighted by Crippen LogP contribution is -2.29. The van der Waals surface area contributed by atoms with Gasteiger partial charge in [0.2, 0.25) is 0 Å². The largest absolute Gasteiger partial charge is 0.454 e. The Morgan fingerprint density at radius 2 is 0.859 bits per heavy atom. The Kier molecular flexibility index (Phi) is 8.26. The smallest absolute Gasteiger partial charge is 0.173 e. The van der Waals surface area contributed by atoms with Crippen molar-refractivity contribution in [1.82, 2.24) is 0 Å². The molecule has 0 saturated heterocycles. The van der Waals surface area contributed by atoms with Gasteiger partial charge in [0.05, 0.1) is 16.8 Å². The summed E-state index contributed by atoms with van der Waals surface area (Å²) < 4.78 is 14.2. The van der Waals surface area contributed by atoms with Crippen LogP contribution in [0.1, 0.15) is 35.1 Å². The van der Waals surface area contributed by atoms with Crippen LogP contribution in [0.4, 0.5) is 17.1 Å². The Bertz CT molecular complexity index is 3340. The van der Waals surface area contributed by atoms with Crippen molar-refractivity contribution in [1.29, 1.82) is 0 Å². The molecule has 0 aromatic heterocycles. The predicted octanol–water partition coefficient (Wildman–Crippen LogP) is 15.7. The Morgan fingerprint density at radius 1 is 0.359 bits per heavy atom. The van der Waals surface area contributed by atoms with Crippen LogP contribution in [0, 0.1) is 0 Å². The van der Waals surface area contributed by atoms with Gasteiger partial charge >= 0.3 is 0 Å². The second-order valence-electron chi connectivity index (χ2n) is 17.0. The van der Waals surface area contributed by atoms with Crippen LogP contribution in [0.2, 0.25) is 0 Å². The molecule has 13 rings (SSSR count). The lowest BCUT2D eigenvalue weighted by Gasteiger charge is -2.35. The molecule has 4 aliphatic rings. The maximum atomic E-state index is 7.14. The van der Waals surface area contributed by atoms with Gasteiger partial charge in [-0.05, 0) is 104 Å². The van der Waals surface area contributed by atoms with Crippen molar-refractivity contribution in [2.75, 3.05) is 4.90 Å². The van der Waals surface area contributed by atoms with Crippen LogP contribution < -0.4 is 14.4 Å². The van der Waals surface area contributed by atoms with Gasteiger partial charge in [0.1, 0.15) is 5.76 Å². The third-order valence-electron chi connectivity index (χ3n) is 13.7. The van der Waals surface area contributed by atoms with Crippen LogP contribution in [0.3, 0.4) is 0 Å². The second kappa shape index (κ2) is 14.5. The molecule has 1 aliphatic heterocycles. The zero-order chi connectivity index (χ0) is 42.2. The van der Waals surface area contributed by atoms with Crippen LogP contribution >= 0.6 is 0 Å². The van der Waals surface area contributed by atoms with E-state index in [0.29, 0.717) is 11.5 Å². The van der Waals surface area contributed by atoms with E-state index in [4.69, 9.17) is 9.47 Å². The van der Waals surface area contributed by atoms with E-state index in [9.17, 15) is 0 Å². The van der Waals surface area contributed by atoms with Crippen molar-refractivity contribution < 1.29 is 9.47 Å². The molecular formula is C61H41NO2. The summed E-state index contributed by atoms with van der Waals surface area (Å²) in [6, 6.07) is 80.9. The highest BCUT2D eigenvalue weighted by Gasteiger charge is 2.55. The number of fused-ring (bicyclic) bond motifs is 11. The van der Waals surface area contributed by atoms with E-state index < -0.39 is 0 Å². The molecule has 0 fully saturated rings. The van der Waals surface area contributed by atoms with E-state index in [1.165, 1.54) is 55.7 Å². The number of benzene rings is 9. The topological polar surface area (TPSA) is 21.7 Å². The summed E-state index contributed by atoms with van der Waals surface area (Å²) in [6.07, 6.45) is 1.59. The lowest BCUT2D eigenvalue weighted by atomic mass is 9.68. The first-order valence-electron chi connectivity index (χ1n) is 22.2. The number of allylic oxidation sites excluding steroid dienone is 3. The number of rotatable bonds is 6. The van der Waals surface area contributed by atoms with Crippen LogP contribution in [-0.2, 0) is 5.41 Å². The standard InChI is InChI=1S/C61H41NO2/c1-4-18-40(19-5-1)45-34-32-43(38-50(45)42-22-8-3-9-23-42)62(55-31-17-13-24-46(55)41-20-6-2-7-21-41)44-33-36-56-58(39-44)63-57-37-35-54-59(60(57)64-56)49-27-12-16-30-53(49)61(54)51-28-14-10-25-47(51)48-26-11-15-29-52(48)61/h1-34,36,38-39H,35,37H2. The third kappa shape index (κ3) is 5.41. The molecule has 3 nitrogen and oxygen atoms in total. The fourth-order valence-electron chi connectivity index (χ4n) is 11.1. The zero-order valence-electron chi connectivity index (χ0n) is 35.0. The van der Waals surface area contributed by atoms with Gasteiger partial charge in [-0.3, -0.25) is 0 Å². The van der Waals surface area contributed by atoms with Crippen molar-refractivity contribution in [3.05, 3.63) is 264 Å². The van der Waals surface area contributed by atoms with Crippen molar-refractivity contribution in [3.63, 3.8) is 0 Å². The third-order valence-corrected chi connectivity index (χ3v) is 13.7. The summed E-state index contributed by atoms with van der Waals surface area (Å²) in [5.74, 6) is 3.14. The first-order chi connectivity index (χ1) is 31.8. The summed E-state index contributed by atoms with van der Waals surface area (Å²) in [4.78, 5) is 2.37. The minimum absolute atomic E-state index is 0.382. The molecule has 302 valence electrons. The molecule has 3 aliphatic carbocycles. The molecule has 0 unspecified atom stereocenters. The van der Waals surface area contributed by atoms with Gasteiger partial charge in [-0.25, -0.2) is 0 Å². The van der Waals surface area contributed by atoms with E-state index in [2.05, 4.69) is 229 Å². The number of nitrogens with zero attached hydrogens (tertiary/aromatic N) is 1. The number of ether oxygens (including phenoxy) is 2. The fraction of sp³-hybridized carbons (Fsp3) is 0.0492. The quantitative estimate of drug-likeness (QED) is 0.167. The van der Waals surface area contributed by atoms with Gasteiger partial charge in [0.15, 0.2) is 17.3 Å². The lowest BCUT2D eigenvalue weighted by molar-refractivity contribution is 0.291. The molecule has 0 radical (unpaired) electrons. The molecule has 0 saturated carbocycles. The van der Waals surface area contributed by atoms with E-state index in [1.807, 2.05) is 0 Å². The number of hydrogen-bond acceptors (Lipinski definition) is 3. The molecular weight excluding hydrogens is 779 g/mol. The van der Waals surface area contributed by atoms with Crippen molar-refractivity contribution in [2.24, 2.45) is 0 Å². The number of para-hydroxylation sites is 1. The summed E-state index contributed by atoms with van der Waals surface area (Å²) in [6.45, 7) is 0. The van der Waals surface area contributed by atoms with Crippen molar-refractivity contribution >= 4 is 22.6 Å².